The molecule has 4 N–H and O–H groups in total. The van der Waals surface area contributed by atoms with E-state index in [4.69, 9.17) is 5.73 Å². The molecule has 1 aromatic rings. The van der Waals surface area contributed by atoms with Crippen LogP contribution in [-0.2, 0) is 9.59 Å². The highest BCUT2D eigenvalue weighted by Gasteiger charge is 2.07. The van der Waals surface area contributed by atoms with Crippen LogP contribution in [0.2, 0.25) is 0 Å². The van der Waals surface area contributed by atoms with Crippen LogP contribution in [0.1, 0.15) is 26.2 Å². The summed E-state index contributed by atoms with van der Waals surface area (Å²) < 4.78 is 13.4. The zero-order valence-electron chi connectivity index (χ0n) is 10.8. The minimum absolute atomic E-state index is 0.0484. The van der Waals surface area contributed by atoms with E-state index in [1.807, 2.05) is 0 Å². The number of benzene rings is 1. The van der Waals surface area contributed by atoms with Gasteiger partial charge in [-0.3, -0.25) is 9.59 Å². The summed E-state index contributed by atoms with van der Waals surface area (Å²) in [5.74, 6) is -1.07. The first kappa shape index (κ1) is 15.1. The van der Waals surface area contributed by atoms with Crippen molar-refractivity contribution < 1.29 is 14.0 Å². The highest BCUT2D eigenvalue weighted by atomic mass is 19.1. The van der Waals surface area contributed by atoms with Crippen LogP contribution in [0.5, 0.6) is 0 Å². The van der Waals surface area contributed by atoms with Crippen LogP contribution >= 0.6 is 0 Å². The van der Waals surface area contributed by atoms with Gasteiger partial charge in [0.05, 0.1) is 5.69 Å². The van der Waals surface area contributed by atoms with Crippen LogP contribution < -0.4 is 16.4 Å². The van der Waals surface area contributed by atoms with Gasteiger partial charge in [0.15, 0.2) is 0 Å². The zero-order chi connectivity index (χ0) is 14.3. The van der Waals surface area contributed by atoms with E-state index in [-0.39, 0.29) is 17.5 Å². The summed E-state index contributed by atoms with van der Waals surface area (Å²) in [6, 6.07) is 4.03. The van der Waals surface area contributed by atoms with Crippen LogP contribution in [0.25, 0.3) is 0 Å². The van der Waals surface area contributed by atoms with Gasteiger partial charge >= 0.3 is 0 Å². The number of nitrogens with one attached hydrogen (secondary N) is 2. The van der Waals surface area contributed by atoms with Gasteiger partial charge in [0.25, 0.3) is 0 Å². The summed E-state index contributed by atoms with van der Waals surface area (Å²) in [5.41, 5.74) is 5.83. The molecule has 0 spiro atoms. The predicted molar refractivity (Wildman–Crippen MR) is 72.2 cm³/mol. The summed E-state index contributed by atoms with van der Waals surface area (Å²) in [6.07, 6.45) is 1.86. The van der Waals surface area contributed by atoms with Crippen molar-refractivity contribution in [2.45, 2.75) is 26.2 Å². The number of carbonyl (C=O) groups is 2. The standard InChI is InChI=1S/C13H18FN3O2/c1-9(18)16-12-8-10(5-6-11(12)14)17-13(19)4-2-3-7-15/h5-6,8H,2-4,7,15H2,1H3,(H,16,18)(H,17,19). The van der Waals surface area contributed by atoms with Crippen LogP contribution in [-0.4, -0.2) is 18.4 Å². The maximum absolute atomic E-state index is 13.4. The second kappa shape index (κ2) is 7.48. The molecular formula is C13H18FN3O2. The van der Waals surface area contributed by atoms with Crippen molar-refractivity contribution in [2.75, 3.05) is 17.2 Å². The summed E-state index contributed by atoms with van der Waals surface area (Å²) in [6.45, 7) is 1.84. The Morgan fingerprint density at radius 1 is 1.26 bits per heavy atom. The SMILES string of the molecule is CC(=O)Nc1cc(NC(=O)CCCCN)ccc1F. The molecule has 0 aliphatic rings. The van der Waals surface area contributed by atoms with Gasteiger partial charge in [-0.1, -0.05) is 0 Å². The van der Waals surface area contributed by atoms with Crippen LogP contribution in [0, 0.1) is 5.82 Å². The smallest absolute Gasteiger partial charge is 0.224 e. The molecule has 0 heterocycles. The van der Waals surface area contributed by atoms with Crippen LogP contribution in [0.4, 0.5) is 15.8 Å². The molecule has 0 saturated carbocycles. The molecule has 1 rings (SSSR count). The normalized spacial score (nSPS) is 10.1. The highest BCUT2D eigenvalue weighted by molar-refractivity contribution is 5.93. The highest BCUT2D eigenvalue weighted by Crippen LogP contribution is 2.19. The van der Waals surface area contributed by atoms with Gasteiger partial charge in [0, 0.05) is 19.0 Å². The Morgan fingerprint density at radius 2 is 2.00 bits per heavy atom. The minimum atomic E-state index is -0.545. The third kappa shape index (κ3) is 5.48. The first-order chi connectivity index (χ1) is 9.02. The van der Waals surface area contributed by atoms with E-state index in [1.54, 1.807) is 0 Å². The third-order valence-electron chi connectivity index (χ3n) is 2.42. The largest absolute Gasteiger partial charge is 0.330 e. The molecule has 0 aromatic heterocycles. The molecule has 0 saturated heterocycles. The number of carbonyl (C=O) groups excluding carboxylic acids is 2. The molecular weight excluding hydrogens is 249 g/mol. The van der Waals surface area contributed by atoms with Crippen molar-refractivity contribution in [3.05, 3.63) is 24.0 Å². The lowest BCUT2D eigenvalue weighted by atomic mass is 10.2. The van der Waals surface area contributed by atoms with E-state index < -0.39 is 5.82 Å². The fraction of sp³-hybridized carbons (Fsp3) is 0.385. The summed E-state index contributed by atoms with van der Waals surface area (Å²) in [4.78, 5) is 22.5. The summed E-state index contributed by atoms with van der Waals surface area (Å²) in [5, 5.41) is 5.00. The monoisotopic (exact) mass is 267 g/mol. The molecule has 0 unspecified atom stereocenters. The molecule has 5 nitrogen and oxygen atoms in total. The Morgan fingerprint density at radius 3 is 2.63 bits per heavy atom. The molecule has 104 valence electrons. The number of halogens is 1. The van der Waals surface area contributed by atoms with Crippen molar-refractivity contribution in [1.82, 2.24) is 0 Å². The molecule has 0 bridgehead atoms. The predicted octanol–water partition coefficient (Wildman–Crippen LogP) is 1.85. The number of anilines is 2. The molecule has 0 aliphatic heterocycles. The second-order valence-electron chi connectivity index (χ2n) is 4.17. The fourth-order valence-corrected chi connectivity index (χ4v) is 1.54. The number of unbranched alkanes of at least 4 members (excludes halogenated alkanes) is 1. The fourth-order valence-electron chi connectivity index (χ4n) is 1.54. The van der Waals surface area contributed by atoms with Gasteiger partial charge in [-0.05, 0) is 37.6 Å². The Balaban J connectivity index is 2.63. The first-order valence-corrected chi connectivity index (χ1v) is 6.10. The number of amides is 2. The van der Waals surface area contributed by atoms with E-state index in [9.17, 15) is 14.0 Å². The minimum Gasteiger partial charge on any atom is -0.330 e. The van der Waals surface area contributed by atoms with Gasteiger partial charge < -0.3 is 16.4 Å². The third-order valence-corrected chi connectivity index (χ3v) is 2.42. The topological polar surface area (TPSA) is 84.2 Å². The Kier molecular flexibility index (Phi) is 5.95. The molecule has 2 amide bonds. The van der Waals surface area contributed by atoms with E-state index in [2.05, 4.69) is 10.6 Å². The van der Waals surface area contributed by atoms with Crippen molar-refractivity contribution in [2.24, 2.45) is 5.73 Å². The number of nitrogens with two attached hydrogens (primary N) is 1. The van der Waals surface area contributed by atoms with Crippen LogP contribution in [0.15, 0.2) is 18.2 Å². The maximum Gasteiger partial charge on any atom is 0.224 e. The van der Waals surface area contributed by atoms with Crippen LogP contribution in [0.3, 0.4) is 0 Å². The van der Waals surface area contributed by atoms with E-state index in [0.29, 0.717) is 25.1 Å². The molecule has 6 heteroatoms. The lowest BCUT2D eigenvalue weighted by molar-refractivity contribution is -0.116. The van der Waals surface area contributed by atoms with Gasteiger partial charge in [0.1, 0.15) is 5.82 Å². The molecule has 19 heavy (non-hydrogen) atoms. The second-order valence-corrected chi connectivity index (χ2v) is 4.17. The lowest BCUT2D eigenvalue weighted by Crippen LogP contribution is -2.13. The summed E-state index contributed by atoms with van der Waals surface area (Å²) in [7, 11) is 0. The maximum atomic E-state index is 13.4. The van der Waals surface area contributed by atoms with Gasteiger partial charge in [0.2, 0.25) is 11.8 Å². The van der Waals surface area contributed by atoms with E-state index >= 15 is 0 Å². The van der Waals surface area contributed by atoms with Crippen molar-refractivity contribution >= 4 is 23.2 Å². The van der Waals surface area contributed by atoms with Gasteiger partial charge in [-0.15, -0.1) is 0 Å². The van der Waals surface area contributed by atoms with Gasteiger partial charge in [-0.25, -0.2) is 4.39 Å². The molecule has 0 radical (unpaired) electrons. The van der Waals surface area contributed by atoms with E-state index in [0.717, 1.165) is 6.42 Å². The van der Waals surface area contributed by atoms with Crippen molar-refractivity contribution in [3.63, 3.8) is 0 Å². The molecule has 0 atom stereocenters. The Labute approximate surface area is 111 Å². The number of rotatable bonds is 6. The first-order valence-electron chi connectivity index (χ1n) is 6.10. The average molecular weight is 267 g/mol. The van der Waals surface area contributed by atoms with Crippen molar-refractivity contribution in [1.29, 1.82) is 0 Å². The Hall–Kier alpha value is -1.95. The summed E-state index contributed by atoms with van der Waals surface area (Å²) >= 11 is 0. The van der Waals surface area contributed by atoms with E-state index in [1.165, 1.54) is 25.1 Å². The number of hydrogen-bond donors (Lipinski definition) is 3. The van der Waals surface area contributed by atoms with Crippen molar-refractivity contribution in [3.8, 4) is 0 Å². The van der Waals surface area contributed by atoms with Gasteiger partial charge in [-0.2, -0.15) is 0 Å². The zero-order valence-corrected chi connectivity index (χ0v) is 10.8. The molecule has 1 aromatic carbocycles. The molecule has 0 fully saturated rings. The quantitative estimate of drug-likeness (QED) is 0.688. The Bertz CT molecular complexity index is 463. The number of hydrogen-bond acceptors (Lipinski definition) is 3. The average Bonchev–Trinajstić information content (AvgIpc) is 2.33. The molecule has 0 aliphatic carbocycles. The lowest BCUT2D eigenvalue weighted by Gasteiger charge is -2.08.